The van der Waals surface area contributed by atoms with Crippen LogP contribution < -0.4 is 0 Å². The summed E-state index contributed by atoms with van der Waals surface area (Å²) < 4.78 is 0. The first-order valence-electron chi connectivity index (χ1n) is 5.80. The van der Waals surface area contributed by atoms with Crippen LogP contribution in [0.2, 0.25) is 0 Å². The molecular weight excluding hydrogens is 204 g/mol. The molecule has 0 atom stereocenters. The molecule has 0 N–H and O–H groups in total. The van der Waals surface area contributed by atoms with Gasteiger partial charge in [0.2, 0.25) is 0 Å². The molecule has 1 saturated heterocycles. The summed E-state index contributed by atoms with van der Waals surface area (Å²) in [5.41, 5.74) is 3.03. The molecule has 0 spiro atoms. The molecule has 0 amide bonds. The number of allylic oxidation sites excluding steroid dienone is 1. The summed E-state index contributed by atoms with van der Waals surface area (Å²) in [6, 6.07) is 0.651. The highest BCUT2D eigenvalue weighted by Crippen LogP contribution is 2.18. The van der Waals surface area contributed by atoms with Gasteiger partial charge >= 0.3 is 0 Å². The van der Waals surface area contributed by atoms with Crippen molar-refractivity contribution in [3.8, 4) is 0 Å². The number of hydrogen-bond acceptors (Lipinski definition) is 2. The summed E-state index contributed by atoms with van der Waals surface area (Å²) in [6.45, 7) is 11.6. The van der Waals surface area contributed by atoms with Crippen molar-refractivity contribution in [1.82, 2.24) is 9.80 Å². The molecule has 15 heavy (non-hydrogen) atoms. The predicted octanol–water partition coefficient (Wildman–Crippen LogP) is 2.65. The van der Waals surface area contributed by atoms with E-state index in [0.29, 0.717) is 6.04 Å². The predicted molar refractivity (Wildman–Crippen MR) is 70.1 cm³/mol. The van der Waals surface area contributed by atoms with Crippen molar-refractivity contribution >= 4 is 17.7 Å². The van der Waals surface area contributed by atoms with E-state index in [9.17, 15) is 0 Å². The highest BCUT2D eigenvalue weighted by molar-refractivity contribution is 7.78. The summed E-state index contributed by atoms with van der Waals surface area (Å²) in [6.07, 6.45) is 3.59. The van der Waals surface area contributed by atoms with Gasteiger partial charge in [-0.3, -0.25) is 0 Å². The lowest BCUT2D eigenvalue weighted by Gasteiger charge is -2.38. The first-order valence-corrected chi connectivity index (χ1v) is 6.27. The molecule has 0 aromatic carbocycles. The van der Waals surface area contributed by atoms with E-state index in [4.69, 9.17) is 12.2 Å². The highest BCUT2D eigenvalue weighted by Gasteiger charge is 2.21. The third kappa shape index (κ3) is 3.49. The van der Waals surface area contributed by atoms with E-state index in [1.54, 1.807) is 0 Å². The number of nitrogens with zero attached hydrogens (tertiary/aromatic N) is 2. The van der Waals surface area contributed by atoms with E-state index >= 15 is 0 Å². The second-order valence-electron chi connectivity index (χ2n) is 4.30. The third-order valence-corrected chi connectivity index (χ3v) is 3.36. The van der Waals surface area contributed by atoms with Gasteiger partial charge in [0.05, 0.1) is 5.49 Å². The van der Waals surface area contributed by atoms with Crippen LogP contribution in [-0.4, -0.2) is 41.0 Å². The van der Waals surface area contributed by atoms with Crippen LogP contribution in [0.5, 0.6) is 0 Å². The smallest absolute Gasteiger partial charge is 0.0643 e. The van der Waals surface area contributed by atoms with Crippen LogP contribution in [0.4, 0.5) is 0 Å². The van der Waals surface area contributed by atoms with Crippen LogP contribution in [0, 0.1) is 0 Å². The Labute approximate surface area is 98.9 Å². The summed E-state index contributed by atoms with van der Waals surface area (Å²) in [4.78, 5) is 4.69. The lowest BCUT2D eigenvalue weighted by atomic mass is 10.0. The number of thiocarbonyl (C=S) groups is 1. The maximum absolute atomic E-state index is 5.07. The van der Waals surface area contributed by atoms with Gasteiger partial charge in [-0.15, -0.1) is 0 Å². The van der Waals surface area contributed by atoms with Crippen LogP contribution in [0.3, 0.4) is 0 Å². The van der Waals surface area contributed by atoms with Gasteiger partial charge in [-0.05, 0) is 26.2 Å². The molecule has 1 rings (SSSR count). The van der Waals surface area contributed by atoms with Crippen LogP contribution >= 0.6 is 12.2 Å². The number of piperidine rings is 1. The van der Waals surface area contributed by atoms with Crippen LogP contribution in [-0.2, 0) is 0 Å². The summed E-state index contributed by atoms with van der Waals surface area (Å²) >= 11 is 5.07. The minimum atomic E-state index is 0.651. The number of hydrogen-bond donors (Lipinski definition) is 0. The SMILES string of the molecule is C=C(C)N1CCC(N(C=S)CCC)CC1. The molecule has 0 aliphatic carbocycles. The van der Waals surface area contributed by atoms with Crippen LogP contribution in [0.1, 0.15) is 33.1 Å². The second kappa shape index (κ2) is 6.11. The van der Waals surface area contributed by atoms with Crippen molar-refractivity contribution in [3.63, 3.8) is 0 Å². The maximum Gasteiger partial charge on any atom is 0.0643 e. The van der Waals surface area contributed by atoms with Gasteiger partial charge in [-0.1, -0.05) is 25.7 Å². The van der Waals surface area contributed by atoms with Crippen molar-refractivity contribution < 1.29 is 0 Å². The topological polar surface area (TPSA) is 6.48 Å². The quantitative estimate of drug-likeness (QED) is 0.666. The molecular formula is C12H22N2S. The molecule has 1 fully saturated rings. The lowest BCUT2D eigenvalue weighted by Crippen LogP contribution is -2.43. The Morgan fingerprint density at radius 3 is 2.53 bits per heavy atom. The molecule has 1 aliphatic rings. The van der Waals surface area contributed by atoms with Gasteiger partial charge in [-0.2, -0.15) is 0 Å². The Kier molecular flexibility index (Phi) is 5.09. The van der Waals surface area contributed by atoms with Gasteiger partial charge in [0.25, 0.3) is 0 Å². The zero-order chi connectivity index (χ0) is 11.3. The Bertz CT molecular complexity index is 220. The van der Waals surface area contributed by atoms with Crippen molar-refractivity contribution in [3.05, 3.63) is 12.3 Å². The minimum Gasteiger partial charge on any atom is -0.375 e. The molecule has 0 bridgehead atoms. The van der Waals surface area contributed by atoms with E-state index in [-0.39, 0.29) is 0 Å². The minimum absolute atomic E-state index is 0.651. The second-order valence-corrected chi connectivity index (χ2v) is 4.51. The van der Waals surface area contributed by atoms with Gasteiger partial charge in [-0.25, -0.2) is 0 Å². The summed E-state index contributed by atoms with van der Waals surface area (Å²) in [7, 11) is 0. The molecule has 0 aromatic heterocycles. The monoisotopic (exact) mass is 226 g/mol. The molecule has 2 nitrogen and oxygen atoms in total. The molecule has 0 saturated carbocycles. The average molecular weight is 226 g/mol. The van der Waals surface area contributed by atoms with E-state index < -0.39 is 0 Å². The van der Waals surface area contributed by atoms with Crippen molar-refractivity contribution in [2.24, 2.45) is 0 Å². The first-order chi connectivity index (χ1) is 7.19. The van der Waals surface area contributed by atoms with Crippen LogP contribution in [0.15, 0.2) is 12.3 Å². The lowest BCUT2D eigenvalue weighted by molar-refractivity contribution is 0.186. The Morgan fingerprint density at radius 1 is 1.53 bits per heavy atom. The number of rotatable bonds is 5. The standard InChI is InChI=1S/C12H22N2S/c1-4-7-14(10-15)12-5-8-13(9-6-12)11(2)3/h10,12H,2,4-9H2,1,3H3. The zero-order valence-corrected chi connectivity index (χ0v) is 10.7. The first kappa shape index (κ1) is 12.5. The zero-order valence-electron chi connectivity index (χ0n) is 9.91. The van der Waals surface area contributed by atoms with Crippen molar-refractivity contribution in [2.45, 2.75) is 39.2 Å². The summed E-state index contributed by atoms with van der Waals surface area (Å²) in [5.74, 6) is 0. The van der Waals surface area contributed by atoms with Gasteiger partial charge in [0.1, 0.15) is 0 Å². The average Bonchev–Trinajstić information content (AvgIpc) is 2.26. The molecule has 1 aliphatic heterocycles. The molecule has 86 valence electrons. The molecule has 0 radical (unpaired) electrons. The summed E-state index contributed by atoms with van der Waals surface area (Å²) in [5, 5.41) is 0. The van der Waals surface area contributed by atoms with E-state index in [2.05, 4.69) is 30.2 Å². The third-order valence-electron chi connectivity index (χ3n) is 3.09. The normalized spacial score (nSPS) is 17.6. The van der Waals surface area contributed by atoms with Gasteiger partial charge in [0, 0.05) is 31.4 Å². The number of likely N-dealkylation sites (tertiary alicyclic amines) is 1. The van der Waals surface area contributed by atoms with Gasteiger partial charge < -0.3 is 9.80 Å². The van der Waals surface area contributed by atoms with Gasteiger partial charge in [0.15, 0.2) is 0 Å². The fraction of sp³-hybridized carbons (Fsp3) is 0.750. The molecule has 1 heterocycles. The van der Waals surface area contributed by atoms with Crippen molar-refractivity contribution in [2.75, 3.05) is 19.6 Å². The Balaban J connectivity index is 2.41. The highest BCUT2D eigenvalue weighted by atomic mass is 32.1. The molecule has 0 aromatic rings. The largest absolute Gasteiger partial charge is 0.375 e. The molecule has 3 heteroatoms. The van der Waals surface area contributed by atoms with Crippen molar-refractivity contribution in [1.29, 1.82) is 0 Å². The fourth-order valence-electron chi connectivity index (χ4n) is 2.16. The maximum atomic E-state index is 5.07. The van der Waals surface area contributed by atoms with E-state index in [1.807, 2.05) is 5.49 Å². The van der Waals surface area contributed by atoms with E-state index in [0.717, 1.165) is 19.6 Å². The Hall–Kier alpha value is -0.570. The Morgan fingerprint density at radius 2 is 2.13 bits per heavy atom. The van der Waals surface area contributed by atoms with E-state index in [1.165, 1.54) is 25.0 Å². The molecule has 0 unspecified atom stereocenters. The fourth-order valence-corrected chi connectivity index (χ4v) is 2.44. The van der Waals surface area contributed by atoms with Crippen LogP contribution in [0.25, 0.3) is 0 Å².